The molecular formula is C17H18FNO3S2. The third kappa shape index (κ3) is 5.65. The number of carbonyl (C=O) groups excluding carboxylic acids is 1. The number of rotatable bonds is 7. The Morgan fingerprint density at radius 3 is 2.54 bits per heavy atom. The number of nitrogens with one attached hydrogen (secondary N) is 1. The molecule has 128 valence electrons. The van der Waals surface area contributed by atoms with Gasteiger partial charge in [-0.3, -0.25) is 4.79 Å². The molecule has 7 heteroatoms. The average molecular weight is 367 g/mol. The van der Waals surface area contributed by atoms with Crippen LogP contribution in [0.15, 0.2) is 58.3 Å². The van der Waals surface area contributed by atoms with Crippen molar-refractivity contribution < 1.29 is 17.6 Å². The summed E-state index contributed by atoms with van der Waals surface area (Å²) < 4.78 is 35.8. The highest BCUT2D eigenvalue weighted by molar-refractivity contribution is 7.99. The summed E-state index contributed by atoms with van der Waals surface area (Å²) in [6.45, 7) is 0.482. The molecule has 2 rings (SSSR count). The fourth-order valence-electron chi connectivity index (χ4n) is 1.96. The Bertz CT molecular complexity index is 805. The van der Waals surface area contributed by atoms with Crippen LogP contribution in [0, 0.1) is 5.82 Å². The molecule has 2 aromatic rings. The van der Waals surface area contributed by atoms with E-state index in [0.717, 1.165) is 23.3 Å². The van der Waals surface area contributed by atoms with E-state index in [9.17, 15) is 17.6 Å². The molecule has 0 aromatic heterocycles. The van der Waals surface area contributed by atoms with Gasteiger partial charge in [-0.05, 0) is 54.6 Å². The summed E-state index contributed by atoms with van der Waals surface area (Å²) in [6.07, 6.45) is 1.86. The summed E-state index contributed by atoms with van der Waals surface area (Å²) in [5.41, 5.74) is 0.323. The van der Waals surface area contributed by atoms with Crippen molar-refractivity contribution in [3.63, 3.8) is 0 Å². The van der Waals surface area contributed by atoms with E-state index < -0.39 is 9.84 Å². The van der Waals surface area contributed by atoms with Crippen molar-refractivity contribution in [2.24, 2.45) is 0 Å². The van der Waals surface area contributed by atoms with Crippen LogP contribution in [0.1, 0.15) is 16.8 Å². The summed E-state index contributed by atoms with van der Waals surface area (Å²) in [7, 11) is -3.33. The van der Waals surface area contributed by atoms with Gasteiger partial charge in [-0.1, -0.05) is 6.07 Å². The predicted molar refractivity (Wildman–Crippen MR) is 93.6 cm³/mol. The molecule has 0 aliphatic rings. The number of benzene rings is 2. The first-order valence-electron chi connectivity index (χ1n) is 7.33. The SMILES string of the molecule is CS(=O)(=O)c1cccc(C(=O)NCCCSc2ccc(F)cc2)c1. The van der Waals surface area contributed by atoms with Gasteiger partial charge in [0, 0.05) is 23.3 Å². The van der Waals surface area contributed by atoms with Crippen LogP contribution in [-0.4, -0.2) is 32.9 Å². The zero-order valence-electron chi connectivity index (χ0n) is 13.2. The maximum atomic E-state index is 12.8. The van der Waals surface area contributed by atoms with Crippen molar-refractivity contribution in [3.05, 3.63) is 59.9 Å². The summed E-state index contributed by atoms with van der Waals surface area (Å²) in [4.78, 5) is 13.1. The van der Waals surface area contributed by atoms with Gasteiger partial charge < -0.3 is 5.32 Å². The van der Waals surface area contributed by atoms with Crippen LogP contribution in [0.5, 0.6) is 0 Å². The predicted octanol–water partition coefficient (Wildman–Crippen LogP) is 3.14. The van der Waals surface area contributed by atoms with Gasteiger partial charge in [0.25, 0.3) is 5.91 Å². The second-order valence-corrected chi connectivity index (χ2v) is 8.40. The van der Waals surface area contributed by atoms with Crippen molar-refractivity contribution in [1.29, 1.82) is 0 Å². The maximum Gasteiger partial charge on any atom is 0.251 e. The summed E-state index contributed by atoms with van der Waals surface area (Å²) in [5.74, 6) is 0.227. The molecule has 0 radical (unpaired) electrons. The van der Waals surface area contributed by atoms with Gasteiger partial charge in [-0.25, -0.2) is 12.8 Å². The van der Waals surface area contributed by atoms with Gasteiger partial charge in [0.2, 0.25) is 0 Å². The Kier molecular flexibility index (Phi) is 6.39. The minimum atomic E-state index is -3.33. The highest BCUT2D eigenvalue weighted by atomic mass is 32.2. The van der Waals surface area contributed by atoms with Gasteiger partial charge in [-0.15, -0.1) is 11.8 Å². The highest BCUT2D eigenvalue weighted by Crippen LogP contribution is 2.18. The number of thioether (sulfide) groups is 1. The Balaban J connectivity index is 1.78. The van der Waals surface area contributed by atoms with Crippen LogP contribution in [0.25, 0.3) is 0 Å². The zero-order valence-corrected chi connectivity index (χ0v) is 14.8. The molecule has 0 bridgehead atoms. The van der Waals surface area contributed by atoms with E-state index in [0.29, 0.717) is 12.1 Å². The van der Waals surface area contributed by atoms with Crippen LogP contribution >= 0.6 is 11.8 Å². The molecule has 24 heavy (non-hydrogen) atoms. The third-order valence-electron chi connectivity index (χ3n) is 3.21. The van der Waals surface area contributed by atoms with Crippen LogP contribution in [-0.2, 0) is 9.84 Å². The van der Waals surface area contributed by atoms with Crippen molar-refractivity contribution in [2.45, 2.75) is 16.2 Å². The molecule has 0 unspecified atom stereocenters. The number of hydrogen-bond acceptors (Lipinski definition) is 4. The van der Waals surface area contributed by atoms with Crippen LogP contribution in [0.2, 0.25) is 0 Å². The second kappa shape index (κ2) is 8.30. The van der Waals surface area contributed by atoms with Crippen molar-refractivity contribution >= 4 is 27.5 Å². The smallest absolute Gasteiger partial charge is 0.251 e. The molecule has 0 saturated carbocycles. The van der Waals surface area contributed by atoms with Gasteiger partial charge in [0.15, 0.2) is 9.84 Å². The van der Waals surface area contributed by atoms with E-state index in [2.05, 4.69) is 5.32 Å². The lowest BCUT2D eigenvalue weighted by Gasteiger charge is -2.06. The Morgan fingerprint density at radius 1 is 1.17 bits per heavy atom. The highest BCUT2D eigenvalue weighted by Gasteiger charge is 2.11. The molecule has 0 spiro atoms. The lowest BCUT2D eigenvalue weighted by Crippen LogP contribution is -2.25. The first-order valence-corrected chi connectivity index (χ1v) is 10.2. The zero-order chi connectivity index (χ0) is 17.6. The summed E-state index contributed by atoms with van der Waals surface area (Å²) >= 11 is 1.59. The van der Waals surface area contributed by atoms with Crippen molar-refractivity contribution in [3.8, 4) is 0 Å². The Morgan fingerprint density at radius 2 is 1.88 bits per heavy atom. The van der Waals surface area contributed by atoms with E-state index >= 15 is 0 Å². The molecule has 0 atom stereocenters. The van der Waals surface area contributed by atoms with Crippen molar-refractivity contribution in [2.75, 3.05) is 18.6 Å². The molecule has 0 fully saturated rings. The van der Waals surface area contributed by atoms with Gasteiger partial charge >= 0.3 is 0 Å². The first-order chi connectivity index (χ1) is 11.4. The fourth-order valence-corrected chi connectivity index (χ4v) is 3.48. The van der Waals surface area contributed by atoms with E-state index in [1.807, 2.05) is 0 Å². The van der Waals surface area contributed by atoms with E-state index in [4.69, 9.17) is 0 Å². The molecular weight excluding hydrogens is 349 g/mol. The number of amides is 1. The molecule has 0 heterocycles. The molecule has 0 aliphatic carbocycles. The molecule has 0 aliphatic heterocycles. The van der Waals surface area contributed by atoms with E-state index in [1.165, 1.54) is 24.3 Å². The topological polar surface area (TPSA) is 63.2 Å². The third-order valence-corrected chi connectivity index (χ3v) is 5.42. The molecule has 0 saturated heterocycles. The molecule has 1 N–H and O–H groups in total. The Hall–Kier alpha value is -1.86. The van der Waals surface area contributed by atoms with Crippen LogP contribution < -0.4 is 5.32 Å². The van der Waals surface area contributed by atoms with E-state index in [1.54, 1.807) is 36.0 Å². The monoisotopic (exact) mass is 367 g/mol. The lowest BCUT2D eigenvalue weighted by molar-refractivity contribution is 0.0953. The van der Waals surface area contributed by atoms with Gasteiger partial charge in [-0.2, -0.15) is 0 Å². The van der Waals surface area contributed by atoms with Crippen LogP contribution in [0.3, 0.4) is 0 Å². The first kappa shape index (κ1) is 18.5. The fraction of sp³-hybridized carbons (Fsp3) is 0.235. The van der Waals surface area contributed by atoms with Crippen molar-refractivity contribution in [1.82, 2.24) is 5.32 Å². The lowest BCUT2D eigenvalue weighted by atomic mass is 10.2. The normalized spacial score (nSPS) is 11.2. The second-order valence-electron chi connectivity index (χ2n) is 5.21. The molecule has 2 aromatic carbocycles. The molecule has 4 nitrogen and oxygen atoms in total. The molecule has 1 amide bonds. The number of carbonyl (C=O) groups is 1. The van der Waals surface area contributed by atoms with Crippen LogP contribution in [0.4, 0.5) is 4.39 Å². The average Bonchev–Trinajstić information content (AvgIpc) is 2.55. The number of halogens is 1. The van der Waals surface area contributed by atoms with E-state index in [-0.39, 0.29) is 16.6 Å². The summed E-state index contributed by atoms with van der Waals surface area (Å²) in [5, 5.41) is 2.77. The quantitative estimate of drug-likeness (QED) is 0.603. The maximum absolute atomic E-state index is 12.8. The van der Waals surface area contributed by atoms with Gasteiger partial charge in [0.05, 0.1) is 4.90 Å². The minimum absolute atomic E-state index is 0.127. The largest absolute Gasteiger partial charge is 0.352 e. The summed E-state index contributed by atoms with van der Waals surface area (Å²) in [6, 6.07) is 12.2. The number of hydrogen-bond donors (Lipinski definition) is 1. The standard InChI is InChI=1S/C17H18FNO3S2/c1-24(21,22)16-5-2-4-13(12-16)17(20)19-10-3-11-23-15-8-6-14(18)7-9-15/h2,4-9,12H,3,10-11H2,1H3,(H,19,20). The Labute approximate surface area is 145 Å². The minimum Gasteiger partial charge on any atom is -0.352 e. The van der Waals surface area contributed by atoms with Gasteiger partial charge in [0.1, 0.15) is 5.82 Å². The number of sulfone groups is 1.